The highest BCUT2D eigenvalue weighted by molar-refractivity contribution is 6.43. The first kappa shape index (κ1) is 28.4. The molecule has 0 unspecified atom stereocenters. The molecule has 2 N–H and O–H groups in total. The molecule has 2 aliphatic heterocycles. The molecule has 1 amide bonds. The van der Waals surface area contributed by atoms with Crippen LogP contribution in [0.2, 0.25) is 10.0 Å². The molecule has 0 radical (unpaired) electrons. The van der Waals surface area contributed by atoms with Crippen LogP contribution in [0.15, 0.2) is 66.7 Å². The molecule has 1 saturated heterocycles. The Bertz CT molecular complexity index is 1300. The molecule has 2 aliphatic rings. The van der Waals surface area contributed by atoms with E-state index in [2.05, 4.69) is 46.2 Å². The van der Waals surface area contributed by atoms with E-state index >= 15 is 0 Å². The van der Waals surface area contributed by atoms with Gasteiger partial charge >= 0.3 is 11.9 Å². The van der Waals surface area contributed by atoms with Crippen LogP contribution in [-0.4, -0.2) is 65.7 Å². The van der Waals surface area contributed by atoms with Crippen LogP contribution in [0.1, 0.15) is 17.5 Å². The van der Waals surface area contributed by atoms with E-state index in [9.17, 15) is 4.79 Å². The van der Waals surface area contributed by atoms with Gasteiger partial charge in [-0.15, -0.1) is 0 Å². The van der Waals surface area contributed by atoms with Crippen LogP contribution < -0.4 is 9.80 Å². The minimum atomic E-state index is -1.82. The largest absolute Gasteiger partial charge is 0.473 e. The second-order valence-corrected chi connectivity index (χ2v) is 10.0. The lowest BCUT2D eigenvalue weighted by molar-refractivity contribution is -0.159. The van der Waals surface area contributed by atoms with Crippen LogP contribution in [0.4, 0.5) is 17.1 Å². The Labute approximate surface area is 237 Å². The lowest BCUT2D eigenvalue weighted by atomic mass is 10.0. The number of anilines is 3. The average Bonchev–Trinajstić information content (AvgIpc) is 3.11. The first-order valence-corrected chi connectivity index (χ1v) is 13.4. The van der Waals surface area contributed by atoms with Crippen molar-refractivity contribution in [2.75, 3.05) is 42.5 Å². The Morgan fingerprint density at radius 1 is 0.692 bits per heavy atom. The number of fused-ring (bicyclic) bond motifs is 2. The van der Waals surface area contributed by atoms with Gasteiger partial charge in [0.1, 0.15) is 0 Å². The molecule has 1 fully saturated rings. The van der Waals surface area contributed by atoms with Crippen molar-refractivity contribution in [3.63, 3.8) is 0 Å². The average molecular weight is 570 g/mol. The number of amides is 1. The maximum Gasteiger partial charge on any atom is 0.414 e. The van der Waals surface area contributed by atoms with Gasteiger partial charge in [0.2, 0.25) is 5.91 Å². The van der Waals surface area contributed by atoms with Crippen LogP contribution in [0.25, 0.3) is 0 Å². The summed E-state index contributed by atoms with van der Waals surface area (Å²) in [7, 11) is 0. The number of benzene rings is 3. The van der Waals surface area contributed by atoms with Gasteiger partial charge in [-0.1, -0.05) is 65.7 Å². The number of aliphatic carboxylic acids is 2. The highest BCUT2D eigenvalue weighted by Gasteiger charge is 2.26. The number of para-hydroxylation sites is 2. The van der Waals surface area contributed by atoms with E-state index in [0.29, 0.717) is 16.5 Å². The van der Waals surface area contributed by atoms with Crippen molar-refractivity contribution < 1.29 is 24.6 Å². The Morgan fingerprint density at radius 2 is 1.21 bits per heavy atom. The van der Waals surface area contributed by atoms with Gasteiger partial charge in [0.25, 0.3) is 0 Å². The summed E-state index contributed by atoms with van der Waals surface area (Å²) in [5.74, 6) is -3.50. The van der Waals surface area contributed by atoms with E-state index in [1.807, 2.05) is 35.2 Å². The molecule has 39 heavy (non-hydrogen) atoms. The number of carboxylic acid groups (broad SMARTS) is 2. The SMILES string of the molecule is O=C(CCN1CCN(c2cccc(Cl)c2Cl)CC1)N1c2ccccc2CCc2ccccc21.O=C(O)C(=O)O. The van der Waals surface area contributed by atoms with Crippen molar-refractivity contribution in [2.45, 2.75) is 19.3 Å². The van der Waals surface area contributed by atoms with Crippen molar-refractivity contribution in [1.82, 2.24) is 4.90 Å². The lowest BCUT2D eigenvalue weighted by Crippen LogP contribution is -2.47. The summed E-state index contributed by atoms with van der Waals surface area (Å²) in [6.07, 6.45) is 2.39. The van der Waals surface area contributed by atoms with Crippen molar-refractivity contribution in [3.05, 3.63) is 87.9 Å². The number of carboxylic acids is 2. The topological polar surface area (TPSA) is 101 Å². The summed E-state index contributed by atoms with van der Waals surface area (Å²) in [5.41, 5.74) is 5.49. The quantitative estimate of drug-likeness (QED) is 0.420. The molecule has 0 spiro atoms. The van der Waals surface area contributed by atoms with Gasteiger partial charge in [-0.2, -0.15) is 0 Å². The van der Waals surface area contributed by atoms with Gasteiger partial charge in [-0.25, -0.2) is 9.59 Å². The van der Waals surface area contributed by atoms with Gasteiger partial charge < -0.3 is 15.1 Å². The minimum Gasteiger partial charge on any atom is -0.473 e. The van der Waals surface area contributed by atoms with Gasteiger partial charge in [0.15, 0.2) is 0 Å². The number of halogens is 2. The summed E-state index contributed by atoms with van der Waals surface area (Å²) < 4.78 is 0. The van der Waals surface area contributed by atoms with Crippen LogP contribution >= 0.6 is 23.2 Å². The fraction of sp³-hybridized carbons (Fsp3) is 0.276. The van der Waals surface area contributed by atoms with E-state index in [0.717, 1.165) is 62.6 Å². The Hall–Kier alpha value is -3.59. The zero-order valence-corrected chi connectivity index (χ0v) is 22.7. The number of carbonyl (C=O) groups excluding carboxylic acids is 1. The van der Waals surface area contributed by atoms with Crippen LogP contribution in [0.5, 0.6) is 0 Å². The number of hydrogen-bond donors (Lipinski definition) is 2. The van der Waals surface area contributed by atoms with Crippen molar-refractivity contribution >= 4 is 58.1 Å². The molecule has 0 atom stereocenters. The van der Waals surface area contributed by atoms with Gasteiger partial charge in [-0.3, -0.25) is 14.6 Å². The number of rotatable bonds is 4. The molecule has 5 rings (SSSR count). The molecule has 10 heteroatoms. The number of piperazine rings is 1. The fourth-order valence-electron chi connectivity index (χ4n) is 4.86. The lowest BCUT2D eigenvalue weighted by Gasteiger charge is -2.36. The maximum atomic E-state index is 13.5. The second-order valence-electron chi connectivity index (χ2n) is 9.25. The maximum absolute atomic E-state index is 13.5. The number of aryl methyl sites for hydroxylation is 2. The zero-order chi connectivity index (χ0) is 27.9. The molecular formula is C29H29Cl2N3O5. The molecule has 204 valence electrons. The summed E-state index contributed by atoms with van der Waals surface area (Å²) in [5, 5.41) is 16.0. The van der Waals surface area contributed by atoms with E-state index in [4.69, 9.17) is 43.0 Å². The molecule has 3 aromatic rings. The first-order chi connectivity index (χ1) is 18.8. The molecule has 2 heterocycles. The molecule has 0 aromatic heterocycles. The number of carbonyl (C=O) groups is 3. The van der Waals surface area contributed by atoms with E-state index in [1.165, 1.54) is 11.1 Å². The second kappa shape index (κ2) is 13.0. The van der Waals surface area contributed by atoms with Crippen LogP contribution in [-0.2, 0) is 27.2 Å². The standard InChI is InChI=1S/C27H27Cl2N3O.C2H2O4/c28-22-8-5-11-25(27(22)29)31-18-16-30(17-19-31)15-14-26(33)32-23-9-3-1-6-20(23)12-13-21-7-2-4-10-24(21)32;3-1(4)2(5)6/h1-11H,12-19H2;(H,3,4)(H,5,6). The van der Waals surface area contributed by atoms with E-state index < -0.39 is 11.9 Å². The Balaban J connectivity index is 0.000000531. The summed E-state index contributed by atoms with van der Waals surface area (Å²) in [6, 6.07) is 22.4. The highest BCUT2D eigenvalue weighted by atomic mass is 35.5. The smallest absolute Gasteiger partial charge is 0.414 e. The molecular weight excluding hydrogens is 541 g/mol. The highest BCUT2D eigenvalue weighted by Crippen LogP contribution is 2.36. The van der Waals surface area contributed by atoms with Crippen molar-refractivity contribution in [3.8, 4) is 0 Å². The fourth-order valence-corrected chi connectivity index (χ4v) is 5.28. The molecule has 8 nitrogen and oxygen atoms in total. The van der Waals surface area contributed by atoms with Gasteiger partial charge in [0, 0.05) is 39.1 Å². The number of hydrogen-bond acceptors (Lipinski definition) is 5. The van der Waals surface area contributed by atoms with E-state index in [1.54, 1.807) is 0 Å². The molecule has 3 aromatic carbocycles. The Kier molecular flexibility index (Phi) is 9.45. The van der Waals surface area contributed by atoms with Crippen molar-refractivity contribution in [2.24, 2.45) is 0 Å². The predicted molar refractivity (Wildman–Crippen MR) is 152 cm³/mol. The Morgan fingerprint density at radius 3 is 1.74 bits per heavy atom. The normalized spacial score (nSPS) is 14.8. The third-order valence-electron chi connectivity index (χ3n) is 6.85. The third kappa shape index (κ3) is 6.89. The molecule has 0 aliphatic carbocycles. The van der Waals surface area contributed by atoms with Crippen LogP contribution in [0, 0.1) is 0 Å². The zero-order valence-electron chi connectivity index (χ0n) is 21.2. The summed E-state index contributed by atoms with van der Waals surface area (Å²) in [6.45, 7) is 4.26. The minimum absolute atomic E-state index is 0.150. The number of nitrogens with zero attached hydrogens (tertiary/aromatic N) is 3. The van der Waals surface area contributed by atoms with Gasteiger partial charge in [-0.05, 0) is 48.2 Å². The van der Waals surface area contributed by atoms with Crippen molar-refractivity contribution in [1.29, 1.82) is 0 Å². The summed E-state index contributed by atoms with van der Waals surface area (Å²) in [4.78, 5) is 38.3. The first-order valence-electron chi connectivity index (χ1n) is 12.6. The van der Waals surface area contributed by atoms with E-state index in [-0.39, 0.29) is 5.91 Å². The van der Waals surface area contributed by atoms with Crippen LogP contribution in [0.3, 0.4) is 0 Å². The predicted octanol–water partition coefficient (Wildman–Crippen LogP) is 5.12. The van der Waals surface area contributed by atoms with Gasteiger partial charge in [0.05, 0.1) is 27.1 Å². The molecule has 0 saturated carbocycles. The monoisotopic (exact) mass is 569 g/mol. The summed E-state index contributed by atoms with van der Waals surface area (Å²) >= 11 is 12.6. The molecule has 0 bridgehead atoms. The third-order valence-corrected chi connectivity index (χ3v) is 7.66.